The maximum Gasteiger partial charge on any atom is 0.338 e. The largest absolute Gasteiger partial charge is 0.479 e. The predicted molar refractivity (Wildman–Crippen MR) is 104 cm³/mol. The third-order valence-electron chi connectivity index (χ3n) is 4.81. The lowest BCUT2D eigenvalue weighted by molar-refractivity contribution is -0.181. The van der Waals surface area contributed by atoms with Crippen LogP contribution in [0.5, 0.6) is 0 Å². The number of hydrogen-bond acceptors (Lipinski definition) is 7. The Balaban J connectivity index is 0.000000504. The molecule has 27 heavy (non-hydrogen) atoms. The van der Waals surface area contributed by atoms with Crippen molar-refractivity contribution in [2.24, 2.45) is 0 Å². The van der Waals surface area contributed by atoms with E-state index in [0.717, 1.165) is 13.1 Å². The number of rotatable bonds is 2. The third kappa shape index (κ3) is 8.31. The first-order valence-electron chi connectivity index (χ1n) is 9.06. The van der Waals surface area contributed by atoms with Crippen LogP contribution in [-0.2, 0) is 14.3 Å². The number of carbonyl (C=O) groups excluding carboxylic acids is 1. The van der Waals surface area contributed by atoms with Crippen LogP contribution < -0.4 is 0 Å². The average Bonchev–Trinajstić information content (AvgIpc) is 2.52. The van der Waals surface area contributed by atoms with Crippen molar-refractivity contribution < 1.29 is 29.6 Å². The summed E-state index contributed by atoms with van der Waals surface area (Å²) in [5, 5.41) is 28.2. The first kappa shape index (κ1) is 26.1. The van der Waals surface area contributed by atoms with Gasteiger partial charge in [-0.25, -0.2) is 9.59 Å². The van der Waals surface area contributed by atoms with Crippen molar-refractivity contribution in [3.8, 4) is 0 Å². The van der Waals surface area contributed by atoms with E-state index in [2.05, 4.69) is 4.90 Å². The first-order chi connectivity index (χ1) is 11.8. The Morgan fingerprint density at radius 2 is 1.19 bits per heavy atom. The van der Waals surface area contributed by atoms with Crippen LogP contribution in [0.3, 0.4) is 0 Å². The topological polar surface area (TPSA) is 111 Å². The van der Waals surface area contributed by atoms with Crippen LogP contribution in [0.1, 0.15) is 46.5 Å². The molecule has 0 aromatic rings. The summed E-state index contributed by atoms with van der Waals surface area (Å²) in [7, 11) is 3.90. The molecule has 0 amide bonds. The van der Waals surface area contributed by atoms with Gasteiger partial charge in [0.25, 0.3) is 0 Å². The number of piperidine rings is 2. The average molecular weight is 411 g/mol. The molecular weight excluding hydrogens is 376 g/mol. The van der Waals surface area contributed by atoms with Gasteiger partial charge in [0.15, 0.2) is 11.2 Å². The summed E-state index contributed by atoms with van der Waals surface area (Å²) in [6.45, 7) is 8.20. The zero-order valence-corrected chi connectivity index (χ0v) is 17.8. The van der Waals surface area contributed by atoms with Crippen molar-refractivity contribution in [1.82, 2.24) is 9.80 Å². The van der Waals surface area contributed by atoms with Gasteiger partial charge in [0.1, 0.15) is 5.60 Å². The van der Waals surface area contributed by atoms with E-state index < -0.39 is 28.7 Å². The monoisotopic (exact) mass is 410 g/mol. The molecule has 160 valence electrons. The maximum atomic E-state index is 11.8. The van der Waals surface area contributed by atoms with E-state index in [1.54, 1.807) is 0 Å². The molecule has 0 radical (unpaired) electrons. The Hall–Kier alpha value is -0.930. The van der Waals surface area contributed by atoms with Gasteiger partial charge < -0.3 is 29.9 Å². The Labute approximate surface area is 167 Å². The van der Waals surface area contributed by atoms with Crippen molar-refractivity contribution in [3.05, 3.63) is 0 Å². The van der Waals surface area contributed by atoms with E-state index in [-0.39, 0.29) is 12.4 Å². The molecule has 0 unspecified atom stereocenters. The Kier molecular flexibility index (Phi) is 9.68. The lowest BCUT2D eigenvalue weighted by Gasteiger charge is -2.36. The van der Waals surface area contributed by atoms with E-state index in [9.17, 15) is 19.8 Å². The SMILES string of the molecule is CN1CCC(O)(C(=O)O)CC1.CN1CCC(O)(C(=O)OC(C)(C)C)CC1.Cl. The van der Waals surface area contributed by atoms with Crippen molar-refractivity contribution in [2.45, 2.75) is 63.3 Å². The van der Waals surface area contributed by atoms with Crippen LogP contribution in [0, 0.1) is 0 Å². The van der Waals surface area contributed by atoms with E-state index in [1.807, 2.05) is 39.8 Å². The van der Waals surface area contributed by atoms with Crippen LogP contribution in [0.15, 0.2) is 0 Å². The van der Waals surface area contributed by atoms with E-state index >= 15 is 0 Å². The van der Waals surface area contributed by atoms with Crippen molar-refractivity contribution in [1.29, 1.82) is 0 Å². The fourth-order valence-corrected chi connectivity index (χ4v) is 2.77. The fourth-order valence-electron chi connectivity index (χ4n) is 2.77. The molecule has 9 heteroatoms. The second-order valence-electron chi connectivity index (χ2n) is 8.48. The van der Waals surface area contributed by atoms with Gasteiger partial charge in [0.2, 0.25) is 0 Å². The number of carbonyl (C=O) groups is 2. The lowest BCUT2D eigenvalue weighted by Crippen LogP contribution is -2.50. The van der Waals surface area contributed by atoms with Crippen LogP contribution in [-0.4, -0.2) is 94.1 Å². The highest BCUT2D eigenvalue weighted by Gasteiger charge is 2.41. The molecule has 2 rings (SSSR count). The summed E-state index contributed by atoms with van der Waals surface area (Å²) < 4.78 is 5.21. The highest BCUT2D eigenvalue weighted by molar-refractivity contribution is 5.85. The zero-order chi connectivity index (χ0) is 20.2. The second-order valence-corrected chi connectivity index (χ2v) is 8.48. The summed E-state index contributed by atoms with van der Waals surface area (Å²) in [4.78, 5) is 26.4. The number of likely N-dealkylation sites (tertiary alicyclic amines) is 2. The number of hydrogen-bond donors (Lipinski definition) is 3. The Morgan fingerprint density at radius 3 is 1.48 bits per heavy atom. The molecule has 0 atom stereocenters. The van der Waals surface area contributed by atoms with Crippen molar-refractivity contribution >= 4 is 24.3 Å². The van der Waals surface area contributed by atoms with Crippen molar-refractivity contribution in [2.75, 3.05) is 40.3 Å². The Bertz CT molecular complexity index is 493. The summed E-state index contributed by atoms with van der Waals surface area (Å²) in [5.74, 6) is -1.58. The number of carboxylic acid groups (broad SMARTS) is 1. The number of aliphatic hydroxyl groups is 2. The van der Waals surface area contributed by atoms with Crippen molar-refractivity contribution in [3.63, 3.8) is 0 Å². The normalized spacial score (nSPS) is 22.6. The number of esters is 1. The van der Waals surface area contributed by atoms with Crippen LogP contribution in [0.25, 0.3) is 0 Å². The van der Waals surface area contributed by atoms with Gasteiger partial charge in [-0.05, 0) is 60.5 Å². The highest BCUT2D eigenvalue weighted by atomic mass is 35.5. The molecule has 3 N–H and O–H groups in total. The minimum Gasteiger partial charge on any atom is -0.479 e. The van der Waals surface area contributed by atoms with Gasteiger partial charge in [-0.15, -0.1) is 12.4 Å². The molecule has 2 fully saturated rings. The summed E-state index contributed by atoms with van der Waals surface area (Å²) in [5.41, 5.74) is -3.28. The van der Waals surface area contributed by atoms with Gasteiger partial charge in [-0.2, -0.15) is 0 Å². The molecule has 0 aromatic heterocycles. The van der Waals surface area contributed by atoms with Crippen LogP contribution >= 0.6 is 12.4 Å². The zero-order valence-electron chi connectivity index (χ0n) is 17.0. The van der Waals surface area contributed by atoms with E-state index in [0.29, 0.717) is 38.8 Å². The minimum absolute atomic E-state index is 0. The molecule has 2 saturated heterocycles. The van der Waals surface area contributed by atoms with E-state index in [4.69, 9.17) is 9.84 Å². The van der Waals surface area contributed by atoms with Gasteiger partial charge in [-0.1, -0.05) is 0 Å². The smallest absolute Gasteiger partial charge is 0.338 e. The molecule has 0 bridgehead atoms. The fraction of sp³-hybridized carbons (Fsp3) is 0.889. The summed E-state index contributed by atoms with van der Waals surface area (Å²) in [6, 6.07) is 0. The molecule has 0 spiro atoms. The quantitative estimate of drug-likeness (QED) is 0.571. The molecule has 0 saturated carbocycles. The molecule has 0 aromatic carbocycles. The number of halogens is 1. The predicted octanol–water partition coefficient (Wildman–Crippen LogP) is 0.734. The molecule has 0 aliphatic carbocycles. The van der Waals surface area contributed by atoms with Gasteiger partial charge in [-0.3, -0.25) is 0 Å². The summed E-state index contributed by atoms with van der Waals surface area (Å²) in [6.07, 6.45) is 1.58. The van der Waals surface area contributed by atoms with Gasteiger partial charge >= 0.3 is 11.9 Å². The number of nitrogens with zero attached hydrogens (tertiary/aromatic N) is 2. The molecule has 8 nitrogen and oxygen atoms in total. The standard InChI is InChI=1S/C11H21NO3.C7H13NO3.ClH/c1-10(2,3)15-9(13)11(14)5-7-12(4)8-6-11;1-8-4-2-7(11,3-5-8)6(9)10;/h14H,5-8H2,1-4H3;11H,2-5H2,1H3,(H,9,10);1H. The number of carboxylic acids is 1. The maximum absolute atomic E-state index is 11.8. The second kappa shape index (κ2) is 10.0. The minimum atomic E-state index is -1.47. The van der Waals surface area contributed by atoms with Gasteiger partial charge in [0, 0.05) is 26.2 Å². The molecular formula is C18H35ClN2O6. The molecule has 2 heterocycles. The lowest BCUT2D eigenvalue weighted by atomic mass is 9.91. The van der Waals surface area contributed by atoms with Crippen LogP contribution in [0.2, 0.25) is 0 Å². The third-order valence-corrected chi connectivity index (χ3v) is 4.81. The number of aliphatic carboxylic acids is 1. The number of ether oxygens (including phenoxy) is 1. The van der Waals surface area contributed by atoms with Crippen LogP contribution in [0.4, 0.5) is 0 Å². The van der Waals surface area contributed by atoms with Gasteiger partial charge in [0.05, 0.1) is 0 Å². The molecule has 2 aliphatic rings. The van der Waals surface area contributed by atoms with E-state index in [1.165, 1.54) is 0 Å². The first-order valence-corrected chi connectivity index (χ1v) is 9.06. The summed E-state index contributed by atoms with van der Waals surface area (Å²) >= 11 is 0. The molecule has 2 aliphatic heterocycles. The highest BCUT2D eigenvalue weighted by Crippen LogP contribution is 2.25. The Morgan fingerprint density at radius 1 is 0.852 bits per heavy atom.